The summed E-state index contributed by atoms with van der Waals surface area (Å²) >= 11 is 0. The van der Waals surface area contributed by atoms with Gasteiger partial charge in [0.1, 0.15) is 0 Å². The normalized spacial score (nSPS) is 24.7. The largest absolute Gasteiger partial charge is 0.481 e. The van der Waals surface area contributed by atoms with Crippen LogP contribution in [0.25, 0.3) is 0 Å². The maximum absolute atomic E-state index is 11.9. The van der Waals surface area contributed by atoms with Gasteiger partial charge in [0.2, 0.25) is 5.91 Å². The molecule has 5 nitrogen and oxygen atoms in total. The van der Waals surface area contributed by atoms with Gasteiger partial charge in [-0.25, -0.2) is 0 Å². The zero-order valence-electron chi connectivity index (χ0n) is 12.9. The second-order valence-corrected chi connectivity index (χ2v) is 6.54. The molecule has 2 rings (SSSR count). The van der Waals surface area contributed by atoms with Crippen LogP contribution >= 0.6 is 0 Å². The molecule has 1 heterocycles. The lowest BCUT2D eigenvalue weighted by Crippen LogP contribution is -2.41. The van der Waals surface area contributed by atoms with E-state index in [1.54, 1.807) is 0 Å². The summed E-state index contributed by atoms with van der Waals surface area (Å²) in [5, 5.41) is 12.1. The van der Waals surface area contributed by atoms with Crippen molar-refractivity contribution >= 4 is 11.9 Å². The van der Waals surface area contributed by atoms with Gasteiger partial charge in [0.05, 0.1) is 5.92 Å². The summed E-state index contributed by atoms with van der Waals surface area (Å²) in [5.74, 6) is -0.197. The van der Waals surface area contributed by atoms with Crippen molar-refractivity contribution in [2.75, 3.05) is 26.2 Å². The molecule has 1 saturated heterocycles. The molecule has 0 bridgehead atoms. The molecule has 0 spiro atoms. The smallest absolute Gasteiger partial charge is 0.307 e. The number of carbonyl (C=O) groups is 2. The third-order valence-corrected chi connectivity index (χ3v) is 4.82. The molecule has 2 N–H and O–H groups in total. The van der Waals surface area contributed by atoms with Crippen molar-refractivity contribution in [3.63, 3.8) is 0 Å². The van der Waals surface area contributed by atoms with Gasteiger partial charge in [-0.1, -0.05) is 19.3 Å². The summed E-state index contributed by atoms with van der Waals surface area (Å²) in [4.78, 5) is 25.0. The van der Waals surface area contributed by atoms with Crippen LogP contribution in [0.3, 0.4) is 0 Å². The van der Waals surface area contributed by atoms with Crippen molar-refractivity contribution in [2.24, 2.45) is 11.8 Å². The van der Waals surface area contributed by atoms with Crippen LogP contribution in [0.15, 0.2) is 0 Å². The van der Waals surface area contributed by atoms with Crippen LogP contribution in [-0.4, -0.2) is 48.1 Å². The highest BCUT2D eigenvalue weighted by Gasteiger charge is 2.25. The lowest BCUT2D eigenvalue weighted by Gasteiger charge is -2.30. The summed E-state index contributed by atoms with van der Waals surface area (Å²) in [5.41, 5.74) is 0. The molecular weight excluding hydrogens is 268 g/mol. The number of carboxylic acid groups (broad SMARTS) is 1. The first-order valence-electron chi connectivity index (χ1n) is 8.37. The average Bonchev–Trinajstić information content (AvgIpc) is 2.52. The van der Waals surface area contributed by atoms with Gasteiger partial charge in [0.15, 0.2) is 0 Å². The van der Waals surface area contributed by atoms with Crippen LogP contribution < -0.4 is 5.32 Å². The minimum Gasteiger partial charge on any atom is -0.481 e. The Kier molecular flexibility index (Phi) is 6.49. The van der Waals surface area contributed by atoms with Crippen molar-refractivity contribution in [3.05, 3.63) is 0 Å². The van der Waals surface area contributed by atoms with E-state index < -0.39 is 5.97 Å². The van der Waals surface area contributed by atoms with E-state index in [0.717, 1.165) is 25.9 Å². The quantitative estimate of drug-likeness (QED) is 0.785. The van der Waals surface area contributed by atoms with Crippen LogP contribution in [-0.2, 0) is 9.59 Å². The fourth-order valence-electron chi connectivity index (χ4n) is 3.46. The molecule has 0 aromatic carbocycles. The number of nitrogens with zero attached hydrogens (tertiary/aromatic N) is 1. The van der Waals surface area contributed by atoms with E-state index in [9.17, 15) is 9.59 Å². The summed E-state index contributed by atoms with van der Waals surface area (Å²) in [7, 11) is 0. The Hall–Kier alpha value is -1.10. The first-order valence-corrected chi connectivity index (χ1v) is 8.37. The summed E-state index contributed by atoms with van der Waals surface area (Å²) in [6.45, 7) is 3.00. The molecular formula is C16H28N2O3. The summed E-state index contributed by atoms with van der Waals surface area (Å²) in [6, 6.07) is 0. The minimum atomic E-state index is -0.707. The maximum atomic E-state index is 11.9. The maximum Gasteiger partial charge on any atom is 0.307 e. The predicted octanol–water partition coefficient (Wildman–Crippen LogP) is 1.87. The van der Waals surface area contributed by atoms with Crippen molar-refractivity contribution in [2.45, 2.75) is 51.4 Å². The van der Waals surface area contributed by atoms with Gasteiger partial charge < -0.3 is 15.3 Å². The molecule has 1 atom stereocenters. The van der Waals surface area contributed by atoms with E-state index in [-0.39, 0.29) is 11.8 Å². The van der Waals surface area contributed by atoms with Gasteiger partial charge in [0.25, 0.3) is 0 Å². The van der Waals surface area contributed by atoms with Gasteiger partial charge in [-0.2, -0.15) is 0 Å². The second-order valence-electron chi connectivity index (χ2n) is 6.54. The lowest BCUT2D eigenvalue weighted by atomic mass is 9.89. The molecule has 2 aliphatic rings. The van der Waals surface area contributed by atoms with Gasteiger partial charge in [-0.15, -0.1) is 0 Å². The van der Waals surface area contributed by atoms with E-state index in [0.29, 0.717) is 25.4 Å². The first kappa shape index (κ1) is 16.3. The number of carboxylic acids is 1. The molecule has 1 amide bonds. The fourth-order valence-corrected chi connectivity index (χ4v) is 3.46. The van der Waals surface area contributed by atoms with Crippen molar-refractivity contribution in [1.82, 2.24) is 10.2 Å². The summed E-state index contributed by atoms with van der Waals surface area (Å²) < 4.78 is 0. The fraction of sp³-hybridized carbons (Fsp3) is 0.875. The van der Waals surface area contributed by atoms with E-state index in [4.69, 9.17) is 5.11 Å². The third-order valence-electron chi connectivity index (χ3n) is 4.82. The monoisotopic (exact) mass is 296 g/mol. The van der Waals surface area contributed by atoms with Gasteiger partial charge in [-0.3, -0.25) is 9.59 Å². The van der Waals surface area contributed by atoms with E-state index in [1.165, 1.54) is 32.1 Å². The van der Waals surface area contributed by atoms with Crippen LogP contribution in [0.1, 0.15) is 51.4 Å². The number of rotatable bonds is 6. The Morgan fingerprint density at radius 1 is 1.10 bits per heavy atom. The van der Waals surface area contributed by atoms with Crippen molar-refractivity contribution in [3.8, 4) is 0 Å². The van der Waals surface area contributed by atoms with Crippen molar-refractivity contribution < 1.29 is 14.7 Å². The Balaban J connectivity index is 1.60. The third kappa shape index (κ3) is 5.65. The number of nitrogens with one attached hydrogen (secondary N) is 1. The molecule has 0 radical (unpaired) electrons. The van der Waals surface area contributed by atoms with Gasteiger partial charge in [-0.05, 0) is 38.1 Å². The zero-order chi connectivity index (χ0) is 15.1. The number of hydrogen-bond donors (Lipinski definition) is 2. The Morgan fingerprint density at radius 2 is 1.86 bits per heavy atom. The molecule has 5 heteroatoms. The number of piperidine rings is 1. The van der Waals surface area contributed by atoms with Gasteiger partial charge >= 0.3 is 5.97 Å². The number of likely N-dealkylation sites (tertiary alicyclic amines) is 1. The highest BCUT2D eigenvalue weighted by Crippen LogP contribution is 2.22. The average molecular weight is 296 g/mol. The van der Waals surface area contributed by atoms with Crippen LogP contribution in [0.4, 0.5) is 0 Å². The molecule has 1 unspecified atom stereocenters. The van der Waals surface area contributed by atoms with E-state index in [1.807, 2.05) is 0 Å². The topological polar surface area (TPSA) is 69.6 Å². The van der Waals surface area contributed by atoms with Crippen molar-refractivity contribution in [1.29, 1.82) is 0 Å². The molecule has 0 aromatic rings. The lowest BCUT2D eigenvalue weighted by molar-refractivity contribution is -0.143. The number of aliphatic carboxylic acids is 1. The highest BCUT2D eigenvalue weighted by atomic mass is 16.4. The predicted molar refractivity (Wildman–Crippen MR) is 81.0 cm³/mol. The molecule has 1 aliphatic carbocycles. The van der Waals surface area contributed by atoms with Gasteiger partial charge in [0, 0.05) is 26.1 Å². The number of carbonyl (C=O) groups excluding carboxylic acids is 1. The first-order chi connectivity index (χ1) is 10.1. The molecule has 1 aliphatic heterocycles. The van der Waals surface area contributed by atoms with E-state index in [2.05, 4.69) is 10.2 Å². The Morgan fingerprint density at radius 3 is 2.57 bits per heavy atom. The Labute approximate surface area is 127 Å². The second kappa shape index (κ2) is 8.37. The van der Waals surface area contributed by atoms with Crippen LogP contribution in [0.5, 0.6) is 0 Å². The SMILES string of the molecule is O=C(CCN1CCCC(C(=O)O)C1)NCC1CCCCC1. The summed E-state index contributed by atoms with van der Waals surface area (Å²) in [6.07, 6.45) is 8.58. The zero-order valence-corrected chi connectivity index (χ0v) is 12.9. The minimum absolute atomic E-state index is 0.109. The molecule has 1 saturated carbocycles. The number of amides is 1. The van der Waals surface area contributed by atoms with Crippen LogP contribution in [0, 0.1) is 11.8 Å². The molecule has 0 aromatic heterocycles. The molecule has 21 heavy (non-hydrogen) atoms. The van der Waals surface area contributed by atoms with Crippen LogP contribution in [0.2, 0.25) is 0 Å². The Bertz CT molecular complexity index is 353. The molecule has 2 fully saturated rings. The standard InChI is InChI=1S/C16H28N2O3/c19-15(17-11-13-5-2-1-3-6-13)8-10-18-9-4-7-14(12-18)16(20)21/h13-14H,1-12H2,(H,17,19)(H,20,21). The van der Waals surface area contributed by atoms with E-state index >= 15 is 0 Å². The molecule has 120 valence electrons. The highest BCUT2D eigenvalue weighted by molar-refractivity contribution is 5.76. The number of hydrogen-bond acceptors (Lipinski definition) is 3.